The molecule has 9 heteroatoms. The van der Waals surface area contributed by atoms with E-state index in [4.69, 9.17) is 21.4 Å². The molecular formula is C14H19ClN4O4. The summed E-state index contributed by atoms with van der Waals surface area (Å²) in [6, 6.07) is 0. The summed E-state index contributed by atoms with van der Waals surface area (Å²) in [4.78, 5) is 34.5. The number of carboxylic acids is 1. The Morgan fingerprint density at radius 1 is 1.26 bits per heavy atom. The van der Waals surface area contributed by atoms with E-state index in [9.17, 15) is 9.59 Å². The minimum atomic E-state index is -1.20. The van der Waals surface area contributed by atoms with Gasteiger partial charge in [0, 0.05) is 26.2 Å². The van der Waals surface area contributed by atoms with Gasteiger partial charge in [-0.05, 0) is 20.8 Å². The Labute approximate surface area is 139 Å². The maximum atomic E-state index is 12.0. The first-order valence-electron chi connectivity index (χ1n) is 7.16. The topological polar surface area (TPSA) is 95.9 Å². The van der Waals surface area contributed by atoms with Crippen LogP contribution in [0.15, 0.2) is 6.20 Å². The van der Waals surface area contributed by atoms with Crippen molar-refractivity contribution in [1.29, 1.82) is 0 Å². The number of hydrogen-bond acceptors (Lipinski definition) is 6. The molecule has 1 saturated heterocycles. The molecule has 0 unspecified atom stereocenters. The Morgan fingerprint density at radius 2 is 1.87 bits per heavy atom. The number of nitrogens with zero attached hydrogens (tertiary/aromatic N) is 4. The lowest BCUT2D eigenvalue weighted by Gasteiger charge is -2.35. The van der Waals surface area contributed by atoms with Gasteiger partial charge in [0.2, 0.25) is 5.95 Å². The first-order chi connectivity index (χ1) is 10.7. The van der Waals surface area contributed by atoms with Crippen LogP contribution in [-0.4, -0.2) is 63.8 Å². The lowest BCUT2D eigenvalue weighted by molar-refractivity contribution is 0.0240. The van der Waals surface area contributed by atoms with Crippen LogP contribution in [0.2, 0.25) is 5.02 Å². The average molecular weight is 343 g/mol. The van der Waals surface area contributed by atoms with Crippen molar-refractivity contribution in [2.24, 2.45) is 0 Å². The lowest BCUT2D eigenvalue weighted by Crippen LogP contribution is -2.50. The molecule has 1 fully saturated rings. The van der Waals surface area contributed by atoms with Crippen molar-refractivity contribution in [2.75, 3.05) is 31.1 Å². The first-order valence-corrected chi connectivity index (χ1v) is 7.54. The van der Waals surface area contributed by atoms with Crippen LogP contribution in [0.3, 0.4) is 0 Å². The number of amides is 1. The smallest absolute Gasteiger partial charge is 0.410 e. The Bertz CT molecular complexity index is 609. The number of hydrogen-bond donors (Lipinski definition) is 1. The van der Waals surface area contributed by atoms with Crippen LogP contribution >= 0.6 is 11.6 Å². The third-order valence-electron chi connectivity index (χ3n) is 3.15. The number of aromatic carboxylic acids is 1. The van der Waals surface area contributed by atoms with E-state index in [1.54, 1.807) is 4.90 Å². The summed E-state index contributed by atoms with van der Waals surface area (Å²) in [6.45, 7) is 7.31. The Kier molecular flexibility index (Phi) is 4.93. The summed E-state index contributed by atoms with van der Waals surface area (Å²) < 4.78 is 5.33. The molecule has 0 spiro atoms. The molecule has 8 nitrogen and oxygen atoms in total. The first kappa shape index (κ1) is 17.3. The van der Waals surface area contributed by atoms with Crippen LogP contribution in [-0.2, 0) is 4.74 Å². The van der Waals surface area contributed by atoms with Crippen molar-refractivity contribution >= 4 is 29.6 Å². The van der Waals surface area contributed by atoms with Crippen molar-refractivity contribution in [3.63, 3.8) is 0 Å². The van der Waals surface area contributed by atoms with Crippen LogP contribution in [0.1, 0.15) is 31.3 Å². The van der Waals surface area contributed by atoms with Gasteiger partial charge in [-0.1, -0.05) is 11.6 Å². The largest absolute Gasteiger partial charge is 0.476 e. The van der Waals surface area contributed by atoms with E-state index in [1.165, 1.54) is 6.20 Å². The second-order valence-corrected chi connectivity index (χ2v) is 6.53. The highest BCUT2D eigenvalue weighted by molar-refractivity contribution is 6.33. The molecule has 0 aliphatic carbocycles. The molecule has 1 amide bonds. The molecule has 0 saturated carbocycles. The Hall–Kier alpha value is -2.09. The molecule has 1 aliphatic heterocycles. The molecule has 126 valence electrons. The SMILES string of the molecule is CC(C)(C)OC(=O)N1CCN(c2ncc(Cl)c(C(=O)O)n2)CC1. The van der Waals surface area contributed by atoms with Gasteiger partial charge in [0.05, 0.1) is 11.2 Å². The monoisotopic (exact) mass is 342 g/mol. The van der Waals surface area contributed by atoms with E-state index in [0.29, 0.717) is 26.2 Å². The van der Waals surface area contributed by atoms with E-state index < -0.39 is 11.6 Å². The normalized spacial score (nSPS) is 15.5. The van der Waals surface area contributed by atoms with Gasteiger partial charge in [0.25, 0.3) is 0 Å². The van der Waals surface area contributed by atoms with E-state index in [0.717, 1.165) is 0 Å². The van der Waals surface area contributed by atoms with Crippen LogP contribution in [0, 0.1) is 0 Å². The van der Waals surface area contributed by atoms with E-state index in [1.807, 2.05) is 25.7 Å². The van der Waals surface area contributed by atoms with Crippen molar-refractivity contribution in [3.05, 3.63) is 16.9 Å². The van der Waals surface area contributed by atoms with Gasteiger partial charge in [0.1, 0.15) is 5.60 Å². The predicted octanol–water partition coefficient (Wildman–Crippen LogP) is 1.89. The Morgan fingerprint density at radius 3 is 2.39 bits per heavy atom. The van der Waals surface area contributed by atoms with Gasteiger partial charge >= 0.3 is 12.1 Å². The zero-order valence-corrected chi connectivity index (χ0v) is 14.0. The van der Waals surface area contributed by atoms with E-state index >= 15 is 0 Å². The number of ether oxygens (including phenoxy) is 1. The number of carboxylic acid groups (broad SMARTS) is 1. The number of carbonyl (C=O) groups excluding carboxylic acids is 1. The third kappa shape index (κ3) is 4.44. The number of halogens is 1. The summed E-state index contributed by atoms with van der Waals surface area (Å²) in [5.74, 6) is -0.915. The second kappa shape index (κ2) is 6.57. The predicted molar refractivity (Wildman–Crippen MR) is 84.0 cm³/mol. The average Bonchev–Trinajstić information content (AvgIpc) is 2.46. The van der Waals surface area contributed by atoms with Gasteiger partial charge in [-0.3, -0.25) is 0 Å². The van der Waals surface area contributed by atoms with Crippen molar-refractivity contribution in [1.82, 2.24) is 14.9 Å². The molecular weight excluding hydrogens is 324 g/mol. The lowest BCUT2D eigenvalue weighted by atomic mass is 10.2. The molecule has 1 N–H and O–H groups in total. The number of carbonyl (C=O) groups is 2. The second-order valence-electron chi connectivity index (χ2n) is 6.13. The molecule has 23 heavy (non-hydrogen) atoms. The quantitative estimate of drug-likeness (QED) is 0.876. The standard InChI is InChI=1S/C14H19ClN4O4/c1-14(2,3)23-13(22)19-6-4-18(5-7-19)12-16-8-9(15)10(17-12)11(20)21/h8H,4-7H2,1-3H3,(H,20,21). The maximum Gasteiger partial charge on any atom is 0.410 e. The highest BCUT2D eigenvalue weighted by Gasteiger charge is 2.27. The number of rotatable bonds is 2. The molecule has 0 bridgehead atoms. The van der Waals surface area contributed by atoms with Crippen LogP contribution in [0.25, 0.3) is 0 Å². The zero-order chi connectivity index (χ0) is 17.2. The molecule has 1 aliphatic rings. The fourth-order valence-corrected chi connectivity index (χ4v) is 2.25. The van der Waals surface area contributed by atoms with Crippen LogP contribution in [0.5, 0.6) is 0 Å². The van der Waals surface area contributed by atoms with Crippen molar-refractivity contribution < 1.29 is 19.4 Å². The van der Waals surface area contributed by atoms with Crippen LogP contribution < -0.4 is 4.90 Å². The van der Waals surface area contributed by atoms with Crippen molar-refractivity contribution in [3.8, 4) is 0 Å². The highest BCUT2D eigenvalue weighted by Crippen LogP contribution is 2.18. The van der Waals surface area contributed by atoms with Gasteiger partial charge in [-0.25, -0.2) is 19.6 Å². The molecule has 2 heterocycles. The molecule has 0 radical (unpaired) electrons. The van der Waals surface area contributed by atoms with E-state index in [2.05, 4.69) is 9.97 Å². The zero-order valence-electron chi connectivity index (χ0n) is 13.2. The van der Waals surface area contributed by atoms with Crippen LogP contribution in [0.4, 0.5) is 10.7 Å². The molecule has 2 rings (SSSR count). The van der Waals surface area contributed by atoms with Gasteiger partial charge < -0.3 is 19.6 Å². The summed E-state index contributed by atoms with van der Waals surface area (Å²) in [6.07, 6.45) is 0.911. The molecule has 0 aromatic carbocycles. The van der Waals surface area contributed by atoms with Gasteiger partial charge in [-0.2, -0.15) is 0 Å². The minimum Gasteiger partial charge on any atom is -0.476 e. The number of piperazine rings is 1. The third-order valence-corrected chi connectivity index (χ3v) is 3.42. The number of aromatic nitrogens is 2. The van der Waals surface area contributed by atoms with Crippen molar-refractivity contribution in [2.45, 2.75) is 26.4 Å². The molecule has 1 aromatic rings. The number of anilines is 1. The highest BCUT2D eigenvalue weighted by atomic mass is 35.5. The summed E-state index contributed by atoms with van der Waals surface area (Å²) in [5, 5.41) is 9.04. The van der Waals surface area contributed by atoms with Gasteiger partial charge in [-0.15, -0.1) is 0 Å². The fraction of sp³-hybridized carbons (Fsp3) is 0.571. The van der Waals surface area contributed by atoms with Gasteiger partial charge in [0.15, 0.2) is 5.69 Å². The molecule has 1 aromatic heterocycles. The molecule has 0 atom stereocenters. The summed E-state index contributed by atoms with van der Waals surface area (Å²) in [5.41, 5.74) is -0.768. The Balaban J connectivity index is 2.01. The summed E-state index contributed by atoms with van der Waals surface area (Å²) >= 11 is 5.76. The van der Waals surface area contributed by atoms with E-state index in [-0.39, 0.29) is 22.8 Å². The minimum absolute atomic E-state index is 0.00589. The maximum absolute atomic E-state index is 12.0. The summed E-state index contributed by atoms with van der Waals surface area (Å²) in [7, 11) is 0. The fourth-order valence-electron chi connectivity index (χ4n) is 2.08.